The maximum atomic E-state index is 12.4. The molecule has 0 aromatic carbocycles. The fourth-order valence-corrected chi connectivity index (χ4v) is 5.01. The fourth-order valence-electron chi connectivity index (χ4n) is 3.02. The molecule has 1 aliphatic carbocycles. The minimum absolute atomic E-state index is 0.104. The lowest BCUT2D eigenvalue weighted by Crippen LogP contribution is -2.16. The number of aromatic amines is 1. The van der Waals surface area contributed by atoms with E-state index in [1.807, 2.05) is 0 Å². The Bertz CT molecular complexity index is 1000. The van der Waals surface area contributed by atoms with E-state index in [2.05, 4.69) is 20.3 Å². The first-order chi connectivity index (χ1) is 12.1. The van der Waals surface area contributed by atoms with Gasteiger partial charge in [-0.05, 0) is 24.8 Å². The third kappa shape index (κ3) is 3.22. The van der Waals surface area contributed by atoms with E-state index in [-0.39, 0.29) is 24.5 Å². The van der Waals surface area contributed by atoms with Gasteiger partial charge in [-0.2, -0.15) is 0 Å². The lowest BCUT2D eigenvalue weighted by molar-refractivity contribution is -0.116. The summed E-state index contributed by atoms with van der Waals surface area (Å²) in [5, 5.41) is 14.6. The number of thiazole rings is 1. The molecule has 3 aromatic heterocycles. The Kier molecular flexibility index (Phi) is 4.36. The van der Waals surface area contributed by atoms with E-state index in [0.29, 0.717) is 23.1 Å². The third-order valence-corrected chi connectivity index (χ3v) is 6.17. The Hall–Kier alpha value is -2.10. The molecule has 3 aromatic rings. The molecular formula is C16H16N4O3S2. The summed E-state index contributed by atoms with van der Waals surface area (Å²) >= 11 is 2.86. The molecule has 0 aliphatic heterocycles. The number of nitrogens with one attached hydrogen (secondary N) is 2. The topological polar surface area (TPSA) is 108 Å². The molecule has 7 nitrogen and oxygen atoms in total. The number of hydrogen-bond acceptors (Lipinski definition) is 7. The Morgan fingerprint density at radius 3 is 3.04 bits per heavy atom. The summed E-state index contributed by atoms with van der Waals surface area (Å²) in [6, 6.07) is 0. The van der Waals surface area contributed by atoms with Gasteiger partial charge in [0, 0.05) is 23.1 Å². The van der Waals surface area contributed by atoms with Crippen molar-refractivity contribution in [2.45, 2.75) is 38.7 Å². The van der Waals surface area contributed by atoms with E-state index >= 15 is 0 Å². The molecule has 0 fully saturated rings. The summed E-state index contributed by atoms with van der Waals surface area (Å²) < 4.78 is 0. The predicted molar refractivity (Wildman–Crippen MR) is 97.3 cm³/mol. The number of carbonyl (C=O) groups is 1. The molecule has 0 atom stereocenters. The molecule has 1 aliphatic rings. The Labute approximate surface area is 150 Å². The van der Waals surface area contributed by atoms with Gasteiger partial charge in [-0.3, -0.25) is 9.59 Å². The number of carbonyl (C=O) groups excluding carboxylic acids is 1. The molecule has 4 rings (SSSR count). The van der Waals surface area contributed by atoms with Crippen LogP contribution < -0.4 is 10.9 Å². The van der Waals surface area contributed by atoms with E-state index in [1.54, 1.807) is 16.7 Å². The highest BCUT2D eigenvalue weighted by Crippen LogP contribution is 2.34. The van der Waals surface area contributed by atoms with Crippen LogP contribution in [-0.4, -0.2) is 26.0 Å². The summed E-state index contributed by atoms with van der Waals surface area (Å²) in [5.41, 5.74) is 1.58. The van der Waals surface area contributed by atoms with Gasteiger partial charge in [0.1, 0.15) is 10.7 Å². The van der Waals surface area contributed by atoms with E-state index in [4.69, 9.17) is 5.11 Å². The highest BCUT2D eigenvalue weighted by molar-refractivity contribution is 7.18. The number of rotatable bonds is 5. The number of hydrogen-bond donors (Lipinski definition) is 3. The Morgan fingerprint density at radius 2 is 2.24 bits per heavy atom. The third-order valence-electron chi connectivity index (χ3n) is 4.17. The van der Waals surface area contributed by atoms with Crippen LogP contribution in [0.2, 0.25) is 0 Å². The maximum absolute atomic E-state index is 12.4. The van der Waals surface area contributed by atoms with Crippen LogP contribution in [0.3, 0.4) is 0 Å². The standard InChI is InChI=1S/C16H16N4O3S2/c21-6-8-7-24-16(17-8)20-12(22)5-4-11-18-14(23)13-9-2-1-3-10(9)25-15(13)19-11/h7,21H,1-6H2,(H,17,20,22)(H,18,19,23). The van der Waals surface area contributed by atoms with Crippen molar-refractivity contribution >= 4 is 43.9 Å². The summed E-state index contributed by atoms with van der Waals surface area (Å²) in [6.07, 6.45) is 3.64. The van der Waals surface area contributed by atoms with Crippen molar-refractivity contribution in [1.82, 2.24) is 15.0 Å². The van der Waals surface area contributed by atoms with Crippen LogP contribution in [0.4, 0.5) is 5.13 Å². The van der Waals surface area contributed by atoms with E-state index in [0.717, 1.165) is 35.0 Å². The quantitative estimate of drug-likeness (QED) is 0.631. The second kappa shape index (κ2) is 6.66. The van der Waals surface area contributed by atoms with Gasteiger partial charge in [-0.25, -0.2) is 9.97 Å². The molecule has 3 heterocycles. The summed E-state index contributed by atoms with van der Waals surface area (Å²) in [4.78, 5) is 37.9. The number of fused-ring (bicyclic) bond motifs is 3. The second-order valence-corrected chi connectivity index (χ2v) is 7.84. The van der Waals surface area contributed by atoms with Crippen molar-refractivity contribution in [2.24, 2.45) is 0 Å². The Balaban J connectivity index is 1.46. The second-order valence-electron chi connectivity index (χ2n) is 5.90. The molecule has 0 unspecified atom stereocenters. The number of aryl methyl sites for hydroxylation is 3. The van der Waals surface area contributed by atoms with Crippen molar-refractivity contribution in [3.05, 3.63) is 37.7 Å². The van der Waals surface area contributed by atoms with Gasteiger partial charge < -0.3 is 15.4 Å². The zero-order chi connectivity index (χ0) is 17.4. The van der Waals surface area contributed by atoms with Crippen LogP contribution in [-0.2, 0) is 30.7 Å². The smallest absolute Gasteiger partial charge is 0.259 e. The molecule has 0 saturated heterocycles. The van der Waals surface area contributed by atoms with Gasteiger partial charge in [0.2, 0.25) is 5.91 Å². The molecule has 0 saturated carbocycles. The molecular weight excluding hydrogens is 360 g/mol. The minimum atomic E-state index is -0.199. The van der Waals surface area contributed by atoms with Crippen LogP contribution in [0, 0.1) is 0 Å². The van der Waals surface area contributed by atoms with Gasteiger partial charge >= 0.3 is 0 Å². The summed E-state index contributed by atoms with van der Waals surface area (Å²) in [6.45, 7) is -0.150. The lowest BCUT2D eigenvalue weighted by Gasteiger charge is -2.02. The number of anilines is 1. The molecule has 0 spiro atoms. The van der Waals surface area contributed by atoms with Crippen molar-refractivity contribution < 1.29 is 9.90 Å². The zero-order valence-corrected chi connectivity index (χ0v) is 14.9. The van der Waals surface area contributed by atoms with Crippen molar-refractivity contribution in [3.63, 3.8) is 0 Å². The van der Waals surface area contributed by atoms with Crippen LogP contribution in [0.5, 0.6) is 0 Å². The highest BCUT2D eigenvalue weighted by atomic mass is 32.1. The first-order valence-corrected chi connectivity index (χ1v) is 9.72. The van der Waals surface area contributed by atoms with Crippen LogP contribution >= 0.6 is 22.7 Å². The maximum Gasteiger partial charge on any atom is 0.259 e. The van der Waals surface area contributed by atoms with Crippen molar-refractivity contribution in [3.8, 4) is 0 Å². The zero-order valence-electron chi connectivity index (χ0n) is 13.3. The van der Waals surface area contributed by atoms with E-state index in [9.17, 15) is 9.59 Å². The Morgan fingerprint density at radius 1 is 1.36 bits per heavy atom. The van der Waals surface area contributed by atoms with Crippen molar-refractivity contribution in [2.75, 3.05) is 5.32 Å². The van der Waals surface area contributed by atoms with Crippen LogP contribution in [0.1, 0.15) is 34.8 Å². The fraction of sp³-hybridized carbons (Fsp3) is 0.375. The first kappa shape index (κ1) is 16.4. The largest absolute Gasteiger partial charge is 0.390 e. The molecule has 9 heteroatoms. The molecule has 3 N–H and O–H groups in total. The SMILES string of the molecule is O=C(CCc1nc2sc3c(c2c(=O)[nH]1)CCC3)Nc1nc(CO)cs1. The molecule has 0 bridgehead atoms. The van der Waals surface area contributed by atoms with Gasteiger partial charge in [-0.1, -0.05) is 0 Å². The molecule has 1 amide bonds. The number of aromatic nitrogens is 3. The molecule has 0 radical (unpaired) electrons. The number of aliphatic hydroxyl groups is 1. The predicted octanol–water partition coefficient (Wildman–Crippen LogP) is 1.99. The average Bonchev–Trinajstić information content (AvgIpc) is 3.28. The van der Waals surface area contributed by atoms with E-state index in [1.165, 1.54) is 16.2 Å². The summed E-state index contributed by atoms with van der Waals surface area (Å²) in [7, 11) is 0. The lowest BCUT2D eigenvalue weighted by atomic mass is 10.2. The molecule has 130 valence electrons. The minimum Gasteiger partial charge on any atom is -0.390 e. The number of H-pyrrole nitrogens is 1. The number of thiophene rings is 1. The van der Waals surface area contributed by atoms with Gasteiger partial charge in [-0.15, -0.1) is 22.7 Å². The van der Waals surface area contributed by atoms with Crippen LogP contribution in [0.25, 0.3) is 10.2 Å². The van der Waals surface area contributed by atoms with Gasteiger partial charge in [0.05, 0.1) is 17.7 Å². The normalized spacial score (nSPS) is 13.3. The number of aliphatic hydroxyl groups excluding tert-OH is 1. The van der Waals surface area contributed by atoms with E-state index < -0.39 is 0 Å². The van der Waals surface area contributed by atoms with Gasteiger partial charge in [0.15, 0.2) is 5.13 Å². The number of amides is 1. The monoisotopic (exact) mass is 376 g/mol. The summed E-state index contributed by atoms with van der Waals surface area (Å²) in [5.74, 6) is 0.331. The van der Waals surface area contributed by atoms with Crippen molar-refractivity contribution in [1.29, 1.82) is 0 Å². The molecule has 25 heavy (non-hydrogen) atoms. The highest BCUT2D eigenvalue weighted by Gasteiger charge is 2.21. The van der Waals surface area contributed by atoms with Gasteiger partial charge in [0.25, 0.3) is 5.56 Å². The first-order valence-electron chi connectivity index (χ1n) is 8.02. The number of nitrogens with zero attached hydrogens (tertiary/aromatic N) is 2. The average molecular weight is 376 g/mol. The van der Waals surface area contributed by atoms with Crippen LogP contribution in [0.15, 0.2) is 10.2 Å².